The van der Waals surface area contributed by atoms with Crippen LogP contribution in [-0.2, 0) is 21.2 Å². The van der Waals surface area contributed by atoms with E-state index in [-0.39, 0.29) is 23.7 Å². The molecular weight excluding hydrogens is 441 g/mol. The Morgan fingerprint density at radius 3 is 2.50 bits per heavy atom. The number of hydrogen-bond acceptors (Lipinski definition) is 7. The lowest BCUT2D eigenvalue weighted by molar-refractivity contribution is -0.131. The van der Waals surface area contributed by atoms with Gasteiger partial charge in [-0.05, 0) is 37.1 Å². The fourth-order valence-electron chi connectivity index (χ4n) is 3.28. The van der Waals surface area contributed by atoms with Crippen LogP contribution in [0.1, 0.15) is 13.3 Å². The molecule has 0 spiro atoms. The van der Waals surface area contributed by atoms with Gasteiger partial charge in [0.2, 0.25) is 5.88 Å². The molecule has 1 atom stereocenters. The van der Waals surface area contributed by atoms with Gasteiger partial charge < -0.3 is 9.30 Å². The van der Waals surface area contributed by atoms with Crippen LogP contribution in [0.3, 0.4) is 0 Å². The van der Waals surface area contributed by atoms with E-state index < -0.39 is 31.9 Å². The average molecular weight is 463 g/mol. The topological polar surface area (TPSA) is 128 Å². The smallest absolute Gasteiger partial charge is 0.264 e. The minimum Gasteiger partial charge on any atom is -0.481 e. The lowest BCUT2D eigenvalue weighted by atomic mass is 10.0. The predicted molar refractivity (Wildman–Crippen MR) is 116 cm³/mol. The Balaban J connectivity index is 1.99. The van der Waals surface area contributed by atoms with Crippen molar-refractivity contribution in [3.05, 3.63) is 58.9 Å². The van der Waals surface area contributed by atoms with Crippen molar-refractivity contribution in [1.82, 2.24) is 15.0 Å². The lowest BCUT2D eigenvalue weighted by Gasteiger charge is -2.25. The molecule has 2 aromatic heterocycles. The third kappa shape index (κ3) is 4.21. The van der Waals surface area contributed by atoms with Gasteiger partial charge in [0, 0.05) is 42.2 Å². The Bertz CT molecular complexity index is 1340. The van der Waals surface area contributed by atoms with Crippen molar-refractivity contribution in [3.63, 3.8) is 0 Å². The summed E-state index contributed by atoms with van der Waals surface area (Å²) in [7, 11) is -2.46. The predicted octanol–water partition coefficient (Wildman–Crippen LogP) is 1.91. The number of hydrogen-bond donors (Lipinski definition) is 2. The third-order valence-corrected chi connectivity index (χ3v) is 7.57. The number of hydroxylamine groups is 1. The standard InChI is InChI=1S/C21H22FN3O6S/c1-21(20(27)24-28,32(3,29)30)8-9-25-12-17(22)16-10-13(4-6-15(16)19(25)26)14-5-7-18(31-2)23-11-14/h4-7,10-12,28H,8-9H2,1-3H3,(H,24,27)/t21-/m1/s1. The summed E-state index contributed by atoms with van der Waals surface area (Å²) in [5, 5.41) is 9.11. The molecule has 0 aliphatic carbocycles. The van der Waals surface area contributed by atoms with E-state index in [4.69, 9.17) is 9.94 Å². The van der Waals surface area contributed by atoms with Gasteiger partial charge in [-0.3, -0.25) is 14.8 Å². The molecule has 11 heteroatoms. The van der Waals surface area contributed by atoms with Gasteiger partial charge in [-0.25, -0.2) is 23.3 Å². The van der Waals surface area contributed by atoms with Gasteiger partial charge in [-0.15, -0.1) is 0 Å². The van der Waals surface area contributed by atoms with E-state index in [0.717, 1.165) is 23.9 Å². The molecule has 0 aliphatic heterocycles. The number of rotatable bonds is 7. The molecule has 2 heterocycles. The SMILES string of the molecule is COc1ccc(-c2ccc3c(=O)n(CC[C@](C)(C(=O)NO)S(C)(=O)=O)cc(F)c3c2)cn1. The first-order chi connectivity index (χ1) is 15.0. The van der Waals surface area contributed by atoms with E-state index in [1.807, 2.05) is 0 Å². The number of halogens is 1. The summed E-state index contributed by atoms with van der Waals surface area (Å²) in [4.78, 5) is 29.0. The Morgan fingerprint density at radius 2 is 1.94 bits per heavy atom. The largest absolute Gasteiger partial charge is 0.481 e. The van der Waals surface area contributed by atoms with E-state index >= 15 is 0 Å². The van der Waals surface area contributed by atoms with Gasteiger partial charge >= 0.3 is 0 Å². The van der Waals surface area contributed by atoms with Crippen LogP contribution >= 0.6 is 0 Å². The first-order valence-corrected chi connectivity index (χ1v) is 11.4. The van der Waals surface area contributed by atoms with Gasteiger partial charge in [0.05, 0.1) is 12.5 Å². The van der Waals surface area contributed by atoms with E-state index in [9.17, 15) is 22.4 Å². The summed E-state index contributed by atoms with van der Waals surface area (Å²) in [5.74, 6) is -1.39. The Labute approximate surface area is 183 Å². The third-order valence-electron chi connectivity index (χ3n) is 5.55. The number of aromatic nitrogens is 2. The number of pyridine rings is 2. The summed E-state index contributed by atoms with van der Waals surface area (Å²) in [5.41, 5.74) is 2.15. The summed E-state index contributed by atoms with van der Waals surface area (Å²) >= 11 is 0. The molecule has 0 aliphatic rings. The first-order valence-electron chi connectivity index (χ1n) is 9.49. The highest BCUT2D eigenvalue weighted by Crippen LogP contribution is 2.26. The zero-order valence-electron chi connectivity index (χ0n) is 17.6. The average Bonchev–Trinajstić information content (AvgIpc) is 2.78. The maximum absolute atomic E-state index is 14.9. The van der Waals surface area contributed by atoms with Crippen molar-refractivity contribution >= 4 is 26.5 Å². The van der Waals surface area contributed by atoms with Gasteiger partial charge in [0.25, 0.3) is 11.5 Å². The minimum atomic E-state index is -3.95. The second-order valence-electron chi connectivity index (χ2n) is 7.52. The molecule has 9 nitrogen and oxygen atoms in total. The van der Waals surface area contributed by atoms with Crippen molar-refractivity contribution in [2.45, 2.75) is 24.6 Å². The van der Waals surface area contributed by atoms with Crippen LogP contribution in [0.2, 0.25) is 0 Å². The zero-order valence-corrected chi connectivity index (χ0v) is 18.4. The molecule has 0 saturated carbocycles. The zero-order chi connectivity index (χ0) is 23.7. The summed E-state index contributed by atoms with van der Waals surface area (Å²) in [6, 6.07) is 8.07. The Hall–Kier alpha value is -3.31. The molecule has 0 bridgehead atoms. The molecule has 0 unspecified atom stereocenters. The number of benzene rings is 1. The number of carbonyl (C=O) groups is 1. The van der Waals surface area contributed by atoms with E-state index in [1.165, 1.54) is 24.7 Å². The lowest BCUT2D eigenvalue weighted by Crippen LogP contribution is -2.50. The number of nitrogens with zero attached hydrogens (tertiary/aromatic N) is 2. The molecular formula is C21H22FN3O6S. The fraction of sp³-hybridized carbons (Fsp3) is 0.286. The van der Waals surface area contributed by atoms with Crippen molar-refractivity contribution in [3.8, 4) is 17.0 Å². The van der Waals surface area contributed by atoms with Crippen molar-refractivity contribution in [2.75, 3.05) is 13.4 Å². The normalized spacial score (nSPS) is 13.5. The maximum Gasteiger partial charge on any atom is 0.264 e. The summed E-state index contributed by atoms with van der Waals surface area (Å²) < 4.78 is 43.1. The monoisotopic (exact) mass is 463 g/mol. The molecule has 0 saturated heterocycles. The van der Waals surface area contributed by atoms with E-state index in [1.54, 1.807) is 24.4 Å². The number of sulfone groups is 1. The molecule has 32 heavy (non-hydrogen) atoms. The van der Waals surface area contributed by atoms with Crippen LogP contribution in [0.5, 0.6) is 5.88 Å². The van der Waals surface area contributed by atoms with Crippen LogP contribution in [0.25, 0.3) is 21.9 Å². The number of fused-ring (bicyclic) bond motifs is 1. The first kappa shape index (κ1) is 23.4. The van der Waals surface area contributed by atoms with E-state index in [0.29, 0.717) is 17.0 Å². The van der Waals surface area contributed by atoms with Crippen LogP contribution in [0.15, 0.2) is 47.5 Å². The number of methoxy groups -OCH3 is 1. The number of aryl methyl sites for hydroxylation is 1. The van der Waals surface area contributed by atoms with Crippen molar-refractivity contribution in [2.24, 2.45) is 0 Å². The molecule has 2 N–H and O–H groups in total. The van der Waals surface area contributed by atoms with Crippen molar-refractivity contribution < 1.29 is 27.5 Å². The Kier molecular flexibility index (Phi) is 6.33. The maximum atomic E-state index is 14.9. The number of ether oxygens (including phenoxy) is 1. The van der Waals surface area contributed by atoms with Crippen LogP contribution in [-0.4, -0.2) is 47.2 Å². The van der Waals surface area contributed by atoms with Crippen LogP contribution < -0.4 is 15.8 Å². The second kappa shape index (κ2) is 8.67. The minimum absolute atomic E-state index is 0.0959. The number of nitrogens with one attached hydrogen (secondary N) is 1. The molecule has 1 aromatic carbocycles. The molecule has 170 valence electrons. The van der Waals surface area contributed by atoms with Crippen molar-refractivity contribution in [1.29, 1.82) is 0 Å². The summed E-state index contributed by atoms with van der Waals surface area (Å²) in [6.45, 7) is 0.873. The molecule has 3 rings (SSSR count). The quantitative estimate of drug-likeness (QED) is 0.405. The molecule has 3 aromatic rings. The molecule has 0 fully saturated rings. The highest BCUT2D eigenvalue weighted by molar-refractivity contribution is 7.92. The van der Waals surface area contributed by atoms with Gasteiger partial charge in [-0.2, -0.15) is 0 Å². The van der Waals surface area contributed by atoms with Gasteiger partial charge in [-0.1, -0.05) is 6.07 Å². The highest BCUT2D eigenvalue weighted by Gasteiger charge is 2.43. The number of carbonyl (C=O) groups excluding carboxylic acids is 1. The van der Waals surface area contributed by atoms with Gasteiger partial charge in [0.1, 0.15) is 5.82 Å². The number of amides is 1. The van der Waals surface area contributed by atoms with E-state index in [2.05, 4.69) is 4.98 Å². The van der Waals surface area contributed by atoms with Crippen LogP contribution in [0, 0.1) is 5.82 Å². The Morgan fingerprint density at radius 1 is 1.25 bits per heavy atom. The molecule has 0 radical (unpaired) electrons. The molecule has 1 amide bonds. The van der Waals surface area contributed by atoms with Crippen LogP contribution in [0.4, 0.5) is 4.39 Å². The summed E-state index contributed by atoms with van der Waals surface area (Å²) in [6.07, 6.45) is 3.04. The van der Waals surface area contributed by atoms with Gasteiger partial charge in [0.15, 0.2) is 14.6 Å². The second-order valence-corrected chi connectivity index (χ2v) is 9.96. The highest BCUT2D eigenvalue weighted by atomic mass is 32.2. The fourth-order valence-corrected chi connectivity index (χ4v) is 4.13.